The number of aliphatic carboxylic acids is 5. The quantitative estimate of drug-likeness (QED) is 0.136. The van der Waals surface area contributed by atoms with E-state index in [1.165, 1.54) is 4.90 Å². The summed E-state index contributed by atoms with van der Waals surface area (Å²) in [6, 6.07) is 0. The zero-order valence-corrected chi connectivity index (χ0v) is 23.5. The van der Waals surface area contributed by atoms with Crippen LogP contribution in [0.2, 0.25) is 0 Å². The van der Waals surface area contributed by atoms with E-state index in [9.17, 15) is 24.0 Å². The number of nitrogens with zero attached hydrogens (tertiary/aromatic N) is 3. The van der Waals surface area contributed by atoms with Gasteiger partial charge in [0.2, 0.25) is 0 Å². The molecular weight excluding hydrogens is 439 g/mol. The van der Waals surface area contributed by atoms with Crippen LogP contribution < -0.4 is 88.7 Å². The molecule has 5 N–H and O–H groups in total. The van der Waals surface area contributed by atoms with E-state index in [0.717, 1.165) is 9.80 Å². The molecule has 0 rings (SSSR count). The van der Waals surface area contributed by atoms with Crippen molar-refractivity contribution < 1.29 is 138 Å². The molecule has 0 aromatic carbocycles. The molecule has 0 unspecified atom stereocenters. The summed E-state index contributed by atoms with van der Waals surface area (Å²) in [5.41, 5.74) is 0. The van der Waals surface area contributed by atoms with Crippen LogP contribution in [0, 0.1) is 0 Å². The second kappa shape index (κ2) is 21.1. The average Bonchev–Trinajstić information content (AvgIpc) is 2.46. The molecule has 16 heteroatoms. The zero-order chi connectivity index (χ0) is 21.0. The van der Waals surface area contributed by atoms with Gasteiger partial charge in [-0.3, -0.25) is 38.7 Å². The van der Waals surface area contributed by atoms with Crippen molar-refractivity contribution in [3.8, 4) is 0 Å². The van der Waals surface area contributed by atoms with Crippen LogP contribution in [-0.4, -0.2) is 129 Å². The maximum atomic E-state index is 11.0. The van der Waals surface area contributed by atoms with Crippen molar-refractivity contribution in [2.75, 3.05) is 58.9 Å². The Balaban J connectivity index is -0.00000113. The van der Waals surface area contributed by atoms with Gasteiger partial charge in [0.15, 0.2) is 0 Å². The average molecular weight is 462 g/mol. The smallest absolute Gasteiger partial charge is 0.480 e. The summed E-state index contributed by atoms with van der Waals surface area (Å²) in [5.74, 6) is -6.16. The molecule has 0 amide bonds. The summed E-state index contributed by atoms with van der Waals surface area (Å²) in [5, 5.41) is 44.1. The molecule has 0 aliphatic rings. The Kier molecular flexibility index (Phi) is 26.4. The van der Waals surface area contributed by atoms with Gasteiger partial charge in [-0.1, -0.05) is 0 Å². The van der Waals surface area contributed by atoms with Crippen LogP contribution in [0.3, 0.4) is 0 Å². The van der Waals surface area contributed by atoms with E-state index in [1.54, 1.807) is 0 Å². The SMILES string of the molecule is O=C(O)CN(CCN(CC(=O)O)CC(=O)O)CCN(CC(=O)O)CC(=O)O.[Na+].[Na+].[Na+]. The van der Waals surface area contributed by atoms with E-state index >= 15 is 0 Å². The second-order valence-corrected chi connectivity index (χ2v) is 5.67. The van der Waals surface area contributed by atoms with Gasteiger partial charge in [-0.2, -0.15) is 0 Å². The summed E-state index contributed by atoms with van der Waals surface area (Å²) < 4.78 is 0. The predicted octanol–water partition coefficient (Wildman–Crippen LogP) is -11.7. The molecule has 154 valence electrons. The van der Waals surface area contributed by atoms with E-state index in [-0.39, 0.29) is 115 Å². The fourth-order valence-electron chi connectivity index (χ4n) is 2.22. The molecule has 0 saturated carbocycles. The first-order valence-corrected chi connectivity index (χ1v) is 7.75. The number of hydrogen-bond donors (Lipinski definition) is 5. The molecule has 0 aromatic heterocycles. The predicted molar refractivity (Wildman–Crippen MR) is 87.5 cm³/mol. The van der Waals surface area contributed by atoms with Crippen molar-refractivity contribution in [3.63, 3.8) is 0 Å². The van der Waals surface area contributed by atoms with Gasteiger partial charge in [-0.15, -0.1) is 0 Å². The monoisotopic (exact) mass is 462 g/mol. The van der Waals surface area contributed by atoms with Crippen LogP contribution in [-0.2, 0) is 24.0 Å². The summed E-state index contributed by atoms with van der Waals surface area (Å²) >= 11 is 0. The van der Waals surface area contributed by atoms with Gasteiger partial charge < -0.3 is 25.5 Å². The minimum absolute atomic E-state index is 0. The standard InChI is InChI=1S/C14H23N3O10.3Na/c18-10(19)5-15(1-3-16(6-11(20)21)7-12(22)23)2-4-17(8-13(24)25)9-14(26)27;;;/h1-9H2,(H,18,19)(H,20,21)(H,22,23)(H,24,25)(H,26,27);;;/q;3*+1. The third-order valence-corrected chi connectivity index (χ3v) is 3.26. The third kappa shape index (κ3) is 22.9. The number of rotatable bonds is 16. The van der Waals surface area contributed by atoms with Gasteiger partial charge in [0, 0.05) is 26.2 Å². The molecule has 0 spiro atoms. The number of carboxylic acids is 5. The van der Waals surface area contributed by atoms with Crippen LogP contribution in [0.5, 0.6) is 0 Å². The molecule has 30 heavy (non-hydrogen) atoms. The summed E-state index contributed by atoms with van der Waals surface area (Å²) in [6.07, 6.45) is 0. The van der Waals surface area contributed by atoms with E-state index in [2.05, 4.69) is 0 Å². The largest absolute Gasteiger partial charge is 1.00 e. The van der Waals surface area contributed by atoms with Gasteiger partial charge in [-0.25, -0.2) is 0 Å². The van der Waals surface area contributed by atoms with Crippen LogP contribution in [0.25, 0.3) is 0 Å². The maximum Gasteiger partial charge on any atom is 1.00 e. The summed E-state index contributed by atoms with van der Waals surface area (Å²) in [4.78, 5) is 57.6. The van der Waals surface area contributed by atoms with E-state index in [1.807, 2.05) is 0 Å². The Bertz CT molecular complexity index is 495. The molecule has 0 fully saturated rings. The molecular formula is C14H23N3Na3O10+3. The van der Waals surface area contributed by atoms with Gasteiger partial charge in [0.1, 0.15) is 0 Å². The second-order valence-electron chi connectivity index (χ2n) is 5.67. The van der Waals surface area contributed by atoms with Crippen molar-refractivity contribution >= 4 is 29.8 Å². The summed E-state index contributed by atoms with van der Waals surface area (Å²) in [7, 11) is 0. The Morgan fingerprint density at radius 3 is 0.767 bits per heavy atom. The fourth-order valence-corrected chi connectivity index (χ4v) is 2.22. The van der Waals surface area contributed by atoms with E-state index < -0.39 is 62.6 Å². The Morgan fingerprint density at radius 2 is 0.567 bits per heavy atom. The Labute approximate surface area is 239 Å². The molecule has 0 bridgehead atoms. The topological polar surface area (TPSA) is 196 Å². The molecule has 0 radical (unpaired) electrons. The van der Waals surface area contributed by atoms with Crippen molar-refractivity contribution in [2.24, 2.45) is 0 Å². The maximum absolute atomic E-state index is 11.0. The van der Waals surface area contributed by atoms with Crippen LogP contribution in [0.1, 0.15) is 0 Å². The zero-order valence-electron chi connectivity index (χ0n) is 17.5. The number of carboxylic acid groups (broad SMARTS) is 5. The Hall–Kier alpha value is 0.230. The molecule has 0 saturated heterocycles. The number of hydrogen-bond acceptors (Lipinski definition) is 8. The van der Waals surface area contributed by atoms with E-state index in [4.69, 9.17) is 25.5 Å². The molecule has 0 aliphatic carbocycles. The minimum atomic E-state index is -1.24. The molecule has 13 nitrogen and oxygen atoms in total. The van der Waals surface area contributed by atoms with Crippen molar-refractivity contribution in [1.82, 2.24) is 14.7 Å². The fraction of sp³-hybridized carbons (Fsp3) is 0.643. The first-order chi connectivity index (χ1) is 12.5. The molecule has 0 aliphatic heterocycles. The van der Waals surface area contributed by atoms with Gasteiger partial charge in [0.25, 0.3) is 0 Å². The van der Waals surface area contributed by atoms with Crippen LogP contribution >= 0.6 is 0 Å². The minimum Gasteiger partial charge on any atom is -0.480 e. The third-order valence-electron chi connectivity index (χ3n) is 3.26. The molecule has 0 atom stereocenters. The van der Waals surface area contributed by atoms with Gasteiger partial charge in [0.05, 0.1) is 32.7 Å². The van der Waals surface area contributed by atoms with Crippen molar-refractivity contribution in [1.29, 1.82) is 0 Å². The van der Waals surface area contributed by atoms with Crippen LogP contribution in [0.4, 0.5) is 0 Å². The normalized spacial score (nSPS) is 9.97. The van der Waals surface area contributed by atoms with Crippen molar-refractivity contribution in [3.05, 3.63) is 0 Å². The summed E-state index contributed by atoms with van der Waals surface area (Å²) in [6.45, 7) is -2.74. The first kappa shape index (κ1) is 37.5. The van der Waals surface area contributed by atoms with E-state index in [0.29, 0.717) is 0 Å². The van der Waals surface area contributed by atoms with Gasteiger partial charge >= 0.3 is 119 Å². The first-order valence-electron chi connectivity index (χ1n) is 7.75. The number of carbonyl (C=O) groups is 5. The molecule has 0 heterocycles. The van der Waals surface area contributed by atoms with Crippen LogP contribution in [0.15, 0.2) is 0 Å². The van der Waals surface area contributed by atoms with Crippen molar-refractivity contribution in [2.45, 2.75) is 0 Å². The Morgan fingerprint density at radius 1 is 0.400 bits per heavy atom. The van der Waals surface area contributed by atoms with Gasteiger partial charge in [-0.05, 0) is 0 Å². The molecule has 0 aromatic rings.